The molecule has 0 aliphatic rings. The Kier molecular flexibility index (Phi) is 2.83. The molecule has 0 fully saturated rings. The molecule has 1 unspecified atom stereocenters. The van der Waals surface area contributed by atoms with Gasteiger partial charge in [0.15, 0.2) is 0 Å². The summed E-state index contributed by atoms with van der Waals surface area (Å²) in [5, 5.41) is 9.94. The lowest BCUT2D eigenvalue weighted by Crippen LogP contribution is -2.21. The molecule has 0 heterocycles. The molecule has 0 bridgehead atoms. The first-order valence-corrected chi connectivity index (χ1v) is 4.24. The number of benzene rings is 1. The zero-order valence-electron chi connectivity index (χ0n) is 7.63. The molecule has 0 saturated carbocycles. The highest BCUT2D eigenvalue weighted by Gasteiger charge is 2.22. The van der Waals surface area contributed by atoms with Gasteiger partial charge in [-0.05, 0) is 24.1 Å². The fourth-order valence-corrected chi connectivity index (χ4v) is 1.22. The Morgan fingerprint density at radius 1 is 1.62 bits per heavy atom. The molecule has 0 aliphatic heterocycles. The van der Waals surface area contributed by atoms with Crippen molar-refractivity contribution in [2.24, 2.45) is 0 Å². The Balaban J connectivity index is 3.12. The van der Waals surface area contributed by atoms with Crippen LogP contribution in [0.3, 0.4) is 0 Å². The number of hydrogen-bond donors (Lipinski definition) is 1. The van der Waals surface area contributed by atoms with Gasteiger partial charge in [-0.1, -0.05) is 31.7 Å². The van der Waals surface area contributed by atoms with Gasteiger partial charge >= 0.3 is 0 Å². The van der Waals surface area contributed by atoms with E-state index in [4.69, 9.17) is 0 Å². The normalized spacial score (nSPS) is 15.0. The summed E-state index contributed by atoms with van der Waals surface area (Å²) >= 11 is 0. The molecule has 1 aromatic carbocycles. The van der Waals surface area contributed by atoms with Crippen LogP contribution < -0.4 is 0 Å². The van der Waals surface area contributed by atoms with Gasteiger partial charge in [-0.25, -0.2) is 4.39 Å². The van der Waals surface area contributed by atoms with E-state index in [1.807, 2.05) is 6.92 Å². The number of halogens is 1. The van der Waals surface area contributed by atoms with Crippen LogP contribution in [0.1, 0.15) is 18.9 Å². The summed E-state index contributed by atoms with van der Waals surface area (Å²) in [6.07, 6.45) is 1.92. The van der Waals surface area contributed by atoms with Gasteiger partial charge in [0.1, 0.15) is 11.4 Å². The van der Waals surface area contributed by atoms with E-state index in [1.165, 1.54) is 18.2 Å². The molecule has 0 aliphatic carbocycles. The quantitative estimate of drug-likeness (QED) is 0.709. The average molecular weight is 180 g/mol. The fraction of sp³-hybridized carbons (Fsp3) is 0.273. The van der Waals surface area contributed by atoms with Crippen LogP contribution in [0.2, 0.25) is 0 Å². The second-order valence-electron chi connectivity index (χ2n) is 2.99. The molecule has 13 heavy (non-hydrogen) atoms. The van der Waals surface area contributed by atoms with Crippen LogP contribution in [-0.2, 0) is 5.60 Å². The van der Waals surface area contributed by atoms with Gasteiger partial charge < -0.3 is 5.11 Å². The summed E-state index contributed by atoms with van der Waals surface area (Å²) in [4.78, 5) is 0. The van der Waals surface area contributed by atoms with E-state index in [0.717, 1.165) is 0 Å². The van der Waals surface area contributed by atoms with E-state index in [9.17, 15) is 9.50 Å². The van der Waals surface area contributed by atoms with Gasteiger partial charge in [-0.3, -0.25) is 0 Å². The van der Waals surface area contributed by atoms with Gasteiger partial charge in [-0.2, -0.15) is 0 Å². The molecule has 1 nitrogen and oxygen atoms in total. The lowest BCUT2D eigenvalue weighted by Gasteiger charge is -2.22. The van der Waals surface area contributed by atoms with Crippen LogP contribution >= 0.6 is 0 Å². The predicted molar refractivity (Wildman–Crippen MR) is 50.8 cm³/mol. The van der Waals surface area contributed by atoms with Crippen molar-refractivity contribution >= 4 is 0 Å². The first-order valence-electron chi connectivity index (χ1n) is 4.24. The third kappa shape index (κ3) is 1.95. The highest BCUT2D eigenvalue weighted by molar-refractivity contribution is 5.26. The summed E-state index contributed by atoms with van der Waals surface area (Å²) in [7, 11) is 0. The number of hydrogen-bond acceptors (Lipinski definition) is 1. The zero-order chi connectivity index (χ0) is 9.90. The maximum Gasteiger partial charge on any atom is 0.123 e. The third-order valence-corrected chi connectivity index (χ3v) is 2.20. The van der Waals surface area contributed by atoms with Crippen molar-refractivity contribution in [1.29, 1.82) is 0 Å². The average Bonchev–Trinajstić information content (AvgIpc) is 2.17. The second-order valence-corrected chi connectivity index (χ2v) is 2.99. The van der Waals surface area contributed by atoms with Crippen molar-refractivity contribution < 1.29 is 9.50 Å². The lowest BCUT2D eigenvalue weighted by molar-refractivity contribution is 0.0852. The largest absolute Gasteiger partial charge is 0.381 e. The Labute approximate surface area is 77.5 Å². The summed E-state index contributed by atoms with van der Waals surface area (Å²) < 4.78 is 12.8. The van der Waals surface area contributed by atoms with E-state index in [1.54, 1.807) is 12.1 Å². The lowest BCUT2D eigenvalue weighted by atomic mass is 9.91. The maximum atomic E-state index is 12.8. The molecule has 0 radical (unpaired) electrons. The molecule has 1 rings (SSSR count). The molecule has 1 aromatic rings. The zero-order valence-corrected chi connectivity index (χ0v) is 7.63. The summed E-state index contributed by atoms with van der Waals surface area (Å²) in [6, 6.07) is 5.94. The van der Waals surface area contributed by atoms with Crippen LogP contribution in [0.15, 0.2) is 36.9 Å². The third-order valence-electron chi connectivity index (χ3n) is 2.20. The Bertz CT molecular complexity index is 309. The van der Waals surface area contributed by atoms with Gasteiger partial charge in [0.25, 0.3) is 0 Å². The van der Waals surface area contributed by atoms with Crippen LogP contribution in [0.5, 0.6) is 0 Å². The predicted octanol–water partition coefficient (Wildman–Crippen LogP) is 2.61. The molecule has 70 valence electrons. The molecule has 1 N–H and O–H groups in total. The first kappa shape index (κ1) is 9.93. The van der Waals surface area contributed by atoms with Crippen molar-refractivity contribution in [1.82, 2.24) is 0 Å². The second kappa shape index (κ2) is 3.71. The van der Waals surface area contributed by atoms with Crippen LogP contribution in [0.25, 0.3) is 0 Å². The number of aliphatic hydroxyl groups is 1. The summed E-state index contributed by atoms with van der Waals surface area (Å²) in [5.41, 5.74) is -0.563. The molecule has 2 heteroatoms. The number of rotatable bonds is 3. The molecular formula is C11H13FO. The van der Waals surface area contributed by atoms with Gasteiger partial charge in [-0.15, -0.1) is 0 Å². The molecule has 0 spiro atoms. The highest BCUT2D eigenvalue weighted by atomic mass is 19.1. The van der Waals surface area contributed by atoms with Crippen molar-refractivity contribution in [2.75, 3.05) is 0 Å². The van der Waals surface area contributed by atoms with E-state index in [0.29, 0.717) is 12.0 Å². The minimum absolute atomic E-state index is 0.341. The van der Waals surface area contributed by atoms with Crippen molar-refractivity contribution in [3.63, 3.8) is 0 Å². The Morgan fingerprint density at radius 2 is 2.31 bits per heavy atom. The molecule has 0 saturated heterocycles. The smallest absolute Gasteiger partial charge is 0.123 e. The minimum atomic E-state index is -1.11. The van der Waals surface area contributed by atoms with Crippen LogP contribution in [-0.4, -0.2) is 5.11 Å². The molecule has 1 atom stereocenters. The summed E-state index contributed by atoms with van der Waals surface area (Å²) in [6.45, 7) is 5.36. The SMILES string of the molecule is C=CC(O)(CC)c1cccc(F)c1. The Hall–Kier alpha value is -1.15. The molecule has 0 aromatic heterocycles. The van der Waals surface area contributed by atoms with E-state index in [2.05, 4.69) is 6.58 Å². The van der Waals surface area contributed by atoms with Gasteiger partial charge in [0, 0.05) is 0 Å². The van der Waals surface area contributed by atoms with Crippen molar-refractivity contribution in [2.45, 2.75) is 18.9 Å². The Morgan fingerprint density at radius 3 is 2.77 bits per heavy atom. The van der Waals surface area contributed by atoms with Crippen molar-refractivity contribution in [3.05, 3.63) is 48.3 Å². The topological polar surface area (TPSA) is 20.2 Å². The maximum absolute atomic E-state index is 12.8. The van der Waals surface area contributed by atoms with Gasteiger partial charge in [0.2, 0.25) is 0 Å². The van der Waals surface area contributed by atoms with E-state index < -0.39 is 5.60 Å². The molecule has 0 amide bonds. The molecular weight excluding hydrogens is 167 g/mol. The summed E-state index contributed by atoms with van der Waals surface area (Å²) in [5.74, 6) is -0.341. The fourth-order valence-electron chi connectivity index (χ4n) is 1.22. The monoisotopic (exact) mass is 180 g/mol. The van der Waals surface area contributed by atoms with E-state index >= 15 is 0 Å². The van der Waals surface area contributed by atoms with Crippen LogP contribution in [0.4, 0.5) is 4.39 Å². The standard InChI is InChI=1S/C11H13FO/c1-3-11(13,4-2)9-6-5-7-10(12)8-9/h3,5-8,13H,1,4H2,2H3. The van der Waals surface area contributed by atoms with Crippen LogP contribution in [0, 0.1) is 5.82 Å². The van der Waals surface area contributed by atoms with E-state index in [-0.39, 0.29) is 5.82 Å². The highest BCUT2D eigenvalue weighted by Crippen LogP contribution is 2.26. The van der Waals surface area contributed by atoms with Crippen molar-refractivity contribution in [3.8, 4) is 0 Å². The first-order chi connectivity index (χ1) is 6.12. The minimum Gasteiger partial charge on any atom is -0.381 e. The van der Waals surface area contributed by atoms with Gasteiger partial charge in [0.05, 0.1) is 0 Å².